The van der Waals surface area contributed by atoms with Crippen LogP contribution in [0.15, 0.2) is 30.4 Å². The third-order valence-corrected chi connectivity index (χ3v) is 8.40. The maximum absolute atomic E-state index is 14.6. The maximum atomic E-state index is 14.6. The number of nitrogens with zero attached hydrogens (tertiary/aromatic N) is 2. The van der Waals surface area contributed by atoms with E-state index >= 15 is 0 Å². The van der Waals surface area contributed by atoms with Crippen molar-refractivity contribution >= 4 is 53.7 Å². The standard InChI is InChI=1S/C31H40FN5O6.CH4S.ClH.2H2O.4H2/c1-17(2)42-25-14-24(20-11-12-21(32)27(41-3)26(20)35-25)43-19-13-23-28(38)36-31(30(34)40)15-18(31)9-7-5-4-6-8-10-22(33)29(39)37(23)16-19;1-2;;;;;;;/h7,9,11-12,14,17-19,22-23H,4-6,8,10,13,15-16,33H2,1-3H3,(H2,34,40)(H,36,38);2H,1H3;1H;2*1H2;4*1H/b9-7-;;;;;;;;/t18-,19-,22+,23+,31-;;;;;;;;/m1......../s1. The van der Waals surface area contributed by atoms with E-state index in [1.807, 2.05) is 26.0 Å². The van der Waals surface area contributed by atoms with Gasteiger partial charge in [0.05, 0.1) is 25.8 Å². The van der Waals surface area contributed by atoms with E-state index < -0.39 is 41.4 Å². The maximum Gasteiger partial charge on any atom is 0.243 e. The molecule has 278 valence electrons. The summed E-state index contributed by atoms with van der Waals surface area (Å²) in [4.78, 5) is 45.7. The van der Waals surface area contributed by atoms with Crippen molar-refractivity contribution in [2.24, 2.45) is 17.4 Å². The van der Waals surface area contributed by atoms with E-state index in [2.05, 4.69) is 22.9 Å². The number of hydrogen-bond acceptors (Lipinski definition) is 9. The number of halogens is 2. The van der Waals surface area contributed by atoms with Crippen LogP contribution in [0, 0.1) is 11.7 Å². The first kappa shape index (κ1) is 42.7. The lowest BCUT2D eigenvalue weighted by molar-refractivity contribution is -0.140. The van der Waals surface area contributed by atoms with Gasteiger partial charge in [0.1, 0.15) is 29.0 Å². The molecule has 2 fully saturated rings. The number of aromatic nitrogens is 1. The summed E-state index contributed by atoms with van der Waals surface area (Å²) in [6.07, 6.45) is 9.31. The van der Waals surface area contributed by atoms with E-state index in [0.29, 0.717) is 24.0 Å². The van der Waals surface area contributed by atoms with E-state index in [1.165, 1.54) is 24.1 Å². The second-order valence-electron chi connectivity index (χ2n) is 11.9. The van der Waals surface area contributed by atoms with Crippen molar-refractivity contribution in [3.8, 4) is 17.4 Å². The van der Waals surface area contributed by atoms with Crippen molar-refractivity contribution < 1.29 is 49.6 Å². The first-order valence-corrected chi connectivity index (χ1v) is 16.2. The van der Waals surface area contributed by atoms with Crippen LogP contribution >= 0.6 is 25.0 Å². The van der Waals surface area contributed by atoms with Crippen molar-refractivity contribution in [1.82, 2.24) is 15.2 Å². The van der Waals surface area contributed by atoms with Crippen LogP contribution in [0.5, 0.6) is 17.4 Å². The molecular weight excluding hydrogens is 669 g/mol. The first-order valence-electron chi connectivity index (χ1n) is 15.3. The van der Waals surface area contributed by atoms with Crippen LogP contribution in [0.4, 0.5) is 4.39 Å². The number of amides is 3. The van der Waals surface area contributed by atoms with Crippen molar-refractivity contribution in [3.05, 3.63) is 36.2 Å². The highest BCUT2D eigenvalue weighted by Crippen LogP contribution is 2.45. The number of ether oxygens (including phenoxy) is 3. The Morgan fingerprint density at radius 1 is 1.21 bits per heavy atom. The normalized spacial score (nSPS) is 25.9. The molecule has 1 saturated carbocycles. The van der Waals surface area contributed by atoms with Crippen LogP contribution in [0.1, 0.15) is 64.5 Å². The van der Waals surface area contributed by atoms with Gasteiger partial charge < -0.3 is 46.8 Å². The lowest BCUT2D eigenvalue weighted by Gasteiger charge is -2.28. The summed E-state index contributed by atoms with van der Waals surface area (Å²) in [6.45, 7) is 3.76. The van der Waals surface area contributed by atoms with Gasteiger partial charge in [0.25, 0.3) is 0 Å². The predicted octanol–water partition coefficient (Wildman–Crippen LogP) is 3.03. The molecular formula is C32H57ClFN5O8S. The van der Waals surface area contributed by atoms with Gasteiger partial charge in [-0.15, -0.1) is 12.4 Å². The van der Waals surface area contributed by atoms with Crippen LogP contribution < -0.4 is 31.0 Å². The molecule has 1 aromatic heterocycles. The first-order chi connectivity index (χ1) is 21.5. The molecule has 2 aromatic rings. The molecule has 0 spiro atoms. The summed E-state index contributed by atoms with van der Waals surface area (Å²) in [7, 11) is 1.35. The number of hydrogen-bond donors (Lipinski definition) is 4. The highest BCUT2D eigenvalue weighted by molar-refractivity contribution is 7.79. The second kappa shape index (κ2) is 18.4. The smallest absolute Gasteiger partial charge is 0.243 e. The molecule has 0 unspecified atom stereocenters. The highest BCUT2D eigenvalue weighted by atomic mass is 35.5. The van der Waals surface area contributed by atoms with Gasteiger partial charge >= 0.3 is 0 Å². The van der Waals surface area contributed by atoms with Gasteiger partial charge in [0.2, 0.25) is 23.6 Å². The van der Waals surface area contributed by atoms with E-state index in [1.54, 1.807) is 12.3 Å². The molecule has 13 nitrogen and oxygen atoms in total. The largest absolute Gasteiger partial charge is 0.491 e. The Balaban J connectivity index is -0.00000126. The molecule has 2 aliphatic heterocycles. The Bertz CT molecular complexity index is 1470. The van der Waals surface area contributed by atoms with Crippen molar-refractivity contribution in [2.75, 3.05) is 19.9 Å². The fourth-order valence-corrected chi connectivity index (χ4v) is 6.05. The van der Waals surface area contributed by atoms with Gasteiger partial charge in [-0.2, -0.15) is 12.6 Å². The molecule has 5 atom stereocenters. The minimum Gasteiger partial charge on any atom is -0.491 e. The molecule has 5 rings (SSSR count). The Hall–Kier alpha value is -3.37. The van der Waals surface area contributed by atoms with Gasteiger partial charge in [-0.3, -0.25) is 14.4 Å². The Labute approximate surface area is 297 Å². The summed E-state index contributed by atoms with van der Waals surface area (Å²) in [6, 6.07) is 2.69. The number of primary amides is 1. The quantitative estimate of drug-likeness (QED) is 0.255. The molecule has 3 heterocycles. The van der Waals surface area contributed by atoms with Gasteiger partial charge in [-0.25, -0.2) is 9.37 Å². The van der Waals surface area contributed by atoms with Crippen LogP contribution in [0.25, 0.3) is 10.9 Å². The number of benzene rings is 1. The van der Waals surface area contributed by atoms with Crippen molar-refractivity contribution in [1.29, 1.82) is 0 Å². The minimum absolute atomic E-state index is 0. The van der Waals surface area contributed by atoms with Crippen molar-refractivity contribution in [2.45, 2.75) is 88.6 Å². The number of pyridine rings is 1. The van der Waals surface area contributed by atoms with Crippen LogP contribution in [0.3, 0.4) is 0 Å². The van der Waals surface area contributed by atoms with Crippen LogP contribution in [-0.2, 0) is 14.4 Å². The van der Waals surface area contributed by atoms with E-state index in [0.717, 1.165) is 25.7 Å². The number of methoxy groups -OCH3 is 1. The third-order valence-electron chi connectivity index (χ3n) is 8.40. The number of nitrogens with two attached hydrogens (primary N) is 2. The lowest BCUT2D eigenvalue weighted by Crippen LogP contribution is -2.56. The zero-order valence-electron chi connectivity index (χ0n) is 27.7. The van der Waals surface area contributed by atoms with E-state index in [-0.39, 0.29) is 77.1 Å². The zero-order chi connectivity index (χ0) is 32.9. The highest BCUT2D eigenvalue weighted by Gasteiger charge is 2.60. The zero-order valence-corrected chi connectivity index (χ0v) is 29.4. The minimum atomic E-state index is -1.19. The van der Waals surface area contributed by atoms with Crippen LogP contribution in [0.2, 0.25) is 0 Å². The predicted molar refractivity (Wildman–Crippen MR) is 195 cm³/mol. The van der Waals surface area contributed by atoms with Crippen molar-refractivity contribution in [3.63, 3.8) is 0 Å². The van der Waals surface area contributed by atoms with E-state index in [4.69, 9.17) is 25.7 Å². The average Bonchev–Trinajstić information content (AvgIpc) is 3.54. The summed E-state index contributed by atoms with van der Waals surface area (Å²) in [5.74, 6) is -1.74. The van der Waals surface area contributed by atoms with Gasteiger partial charge in [-0.1, -0.05) is 25.0 Å². The second-order valence-corrected chi connectivity index (χ2v) is 11.9. The third kappa shape index (κ3) is 9.20. The molecule has 48 heavy (non-hydrogen) atoms. The average molecular weight is 726 g/mol. The lowest BCUT2D eigenvalue weighted by atomic mass is 10.1. The molecule has 0 bridgehead atoms. The van der Waals surface area contributed by atoms with E-state index in [9.17, 15) is 18.8 Å². The number of carbonyl (C=O) groups excluding carboxylic acids is 3. The summed E-state index contributed by atoms with van der Waals surface area (Å²) < 4.78 is 32.1. The number of fused-ring (bicyclic) bond motifs is 3. The Morgan fingerprint density at radius 3 is 2.56 bits per heavy atom. The fraction of sp³-hybridized carbons (Fsp3) is 0.562. The number of allylic oxidation sites excluding steroid dienone is 1. The SMILES string of the molecule is COc1c(F)ccc2c(O[C@@H]3C[C@H]4C(=O)N[C@]5(C(N)=O)C[C@H]5/C=C\CCCCC[C@H](N)C(=O)N4C3)cc(OC(C)C)nc12.CS.Cl.O.O.[HH].[HH].[HH].[HH]. The molecule has 3 amide bonds. The topological polar surface area (TPSA) is 222 Å². The number of rotatable bonds is 6. The molecule has 3 aliphatic rings. The molecule has 9 N–H and O–H groups in total. The summed E-state index contributed by atoms with van der Waals surface area (Å²) in [5.41, 5.74) is 11.1. The van der Waals surface area contributed by atoms with Crippen LogP contribution in [-0.4, -0.2) is 88.3 Å². The summed E-state index contributed by atoms with van der Waals surface area (Å²) >= 11 is 3.53. The Kier molecular flexibility index (Phi) is 16.4. The van der Waals surface area contributed by atoms with Gasteiger partial charge in [-0.05, 0) is 57.9 Å². The molecule has 1 aromatic carbocycles. The molecule has 0 radical (unpaired) electrons. The number of nitrogens with one attached hydrogen (secondary N) is 1. The van der Waals surface area contributed by atoms with Gasteiger partial charge in [0, 0.05) is 29.5 Å². The summed E-state index contributed by atoms with van der Waals surface area (Å²) in [5, 5.41) is 3.34. The number of carbonyl (C=O) groups is 3. The Morgan fingerprint density at radius 2 is 1.92 bits per heavy atom. The fourth-order valence-electron chi connectivity index (χ4n) is 6.05. The molecule has 16 heteroatoms. The number of thiol groups is 1. The monoisotopic (exact) mass is 725 g/mol. The molecule has 1 aliphatic carbocycles. The van der Waals surface area contributed by atoms with Gasteiger partial charge in [0.15, 0.2) is 11.6 Å². The molecule has 1 saturated heterocycles.